The molecule has 92 valence electrons. The van der Waals surface area contributed by atoms with E-state index in [0.29, 0.717) is 5.75 Å². The van der Waals surface area contributed by atoms with Crippen molar-refractivity contribution in [2.24, 2.45) is 0 Å². The molecule has 0 aromatic heterocycles. The molecular formula is C12H14FNO2S. The van der Waals surface area contributed by atoms with E-state index in [1.165, 1.54) is 12.1 Å². The van der Waals surface area contributed by atoms with Gasteiger partial charge in [-0.05, 0) is 17.7 Å². The number of thioether (sulfide) groups is 1. The molecule has 3 unspecified atom stereocenters. The van der Waals surface area contributed by atoms with E-state index >= 15 is 0 Å². The van der Waals surface area contributed by atoms with Crippen LogP contribution in [0.1, 0.15) is 18.5 Å². The number of aliphatic carboxylic acids is 1. The van der Waals surface area contributed by atoms with Crippen molar-refractivity contribution in [3.8, 4) is 0 Å². The summed E-state index contributed by atoms with van der Waals surface area (Å²) in [5.41, 5.74) is 0.802. The number of carboxylic acids is 1. The molecule has 1 fully saturated rings. The molecule has 0 saturated carbocycles. The maximum absolute atomic E-state index is 13.2. The normalized spacial score (nSPS) is 28.9. The first-order valence-electron chi connectivity index (χ1n) is 5.44. The van der Waals surface area contributed by atoms with Crippen LogP contribution in [0.4, 0.5) is 4.39 Å². The summed E-state index contributed by atoms with van der Waals surface area (Å²) in [5.74, 6) is -0.604. The third-order valence-corrected chi connectivity index (χ3v) is 4.21. The van der Waals surface area contributed by atoms with E-state index in [9.17, 15) is 9.18 Å². The average molecular weight is 255 g/mol. The molecule has 3 atom stereocenters. The quantitative estimate of drug-likeness (QED) is 0.849. The van der Waals surface area contributed by atoms with Crippen LogP contribution in [0.15, 0.2) is 24.3 Å². The van der Waals surface area contributed by atoms with Crippen LogP contribution in [0.2, 0.25) is 0 Å². The number of hydrogen-bond donors (Lipinski definition) is 2. The van der Waals surface area contributed by atoms with Crippen molar-refractivity contribution in [2.75, 3.05) is 5.75 Å². The summed E-state index contributed by atoms with van der Waals surface area (Å²) >= 11 is 1.60. The maximum atomic E-state index is 13.2. The average Bonchev–Trinajstić information content (AvgIpc) is 2.29. The van der Waals surface area contributed by atoms with Gasteiger partial charge in [0.1, 0.15) is 11.9 Å². The predicted octanol–water partition coefficient (Wildman–Crippen LogP) is 2.04. The summed E-state index contributed by atoms with van der Waals surface area (Å²) in [6.45, 7) is 2.02. The Morgan fingerprint density at radius 2 is 2.35 bits per heavy atom. The van der Waals surface area contributed by atoms with E-state index in [1.807, 2.05) is 13.0 Å². The van der Waals surface area contributed by atoms with Crippen LogP contribution in [0, 0.1) is 5.82 Å². The lowest BCUT2D eigenvalue weighted by molar-refractivity contribution is -0.139. The third-order valence-electron chi connectivity index (χ3n) is 2.88. The van der Waals surface area contributed by atoms with Crippen molar-refractivity contribution < 1.29 is 14.3 Å². The lowest BCUT2D eigenvalue weighted by Gasteiger charge is -2.33. The minimum atomic E-state index is -0.856. The molecule has 17 heavy (non-hydrogen) atoms. The van der Waals surface area contributed by atoms with Gasteiger partial charge >= 0.3 is 5.97 Å². The van der Waals surface area contributed by atoms with Gasteiger partial charge in [0.25, 0.3) is 0 Å². The molecule has 1 heterocycles. The zero-order valence-corrected chi connectivity index (χ0v) is 10.2. The molecule has 1 aliphatic rings. The highest BCUT2D eigenvalue weighted by Gasteiger charge is 2.32. The fourth-order valence-electron chi connectivity index (χ4n) is 1.95. The number of rotatable bonds is 2. The van der Waals surface area contributed by atoms with E-state index in [0.717, 1.165) is 5.56 Å². The summed E-state index contributed by atoms with van der Waals surface area (Å²) in [6, 6.07) is 5.63. The predicted molar refractivity (Wildman–Crippen MR) is 65.6 cm³/mol. The van der Waals surface area contributed by atoms with Crippen LogP contribution in [-0.2, 0) is 4.79 Å². The Hall–Kier alpha value is -1.07. The highest BCUT2D eigenvalue weighted by molar-refractivity contribution is 8.00. The monoisotopic (exact) mass is 255 g/mol. The van der Waals surface area contributed by atoms with Gasteiger partial charge in [0.05, 0.1) is 0 Å². The van der Waals surface area contributed by atoms with E-state index in [4.69, 9.17) is 5.11 Å². The molecule has 2 rings (SSSR count). The lowest BCUT2D eigenvalue weighted by atomic mass is 10.0. The topological polar surface area (TPSA) is 49.3 Å². The second-order valence-corrected chi connectivity index (χ2v) is 5.54. The zero-order chi connectivity index (χ0) is 12.4. The second kappa shape index (κ2) is 5.06. The van der Waals surface area contributed by atoms with E-state index in [-0.39, 0.29) is 17.1 Å². The van der Waals surface area contributed by atoms with Crippen molar-refractivity contribution in [1.82, 2.24) is 5.32 Å². The molecule has 2 N–H and O–H groups in total. The van der Waals surface area contributed by atoms with Crippen molar-refractivity contribution in [3.05, 3.63) is 35.6 Å². The third kappa shape index (κ3) is 2.79. The molecule has 1 aliphatic heterocycles. The molecule has 0 spiro atoms. The van der Waals surface area contributed by atoms with Crippen LogP contribution in [0.5, 0.6) is 0 Å². The van der Waals surface area contributed by atoms with Gasteiger partial charge in [0.15, 0.2) is 0 Å². The van der Waals surface area contributed by atoms with Crippen LogP contribution >= 0.6 is 11.8 Å². The van der Waals surface area contributed by atoms with E-state index in [2.05, 4.69) is 5.32 Å². The van der Waals surface area contributed by atoms with Gasteiger partial charge in [-0.3, -0.25) is 10.1 Å². The standard InChI is InChI=1S/C12H14FNO2S/c1-7-11(8-3-2-4-9(13)5-8)14-10(6-17-7)12(15)16/h2-5,7,10-11,14H,6H2,1H3,(H,15,16). The number of hydrogen-bond acceptors (Lipinski definition) is 3. The molecule has 0 bridgehead atoms. The smallest absolute Gasteiger partial charge is 0.321 e. The maximum Gasteiger partial charge on any atom is 0.321 e. The number of carboxylic acid groups (broad SMARTS) is 1. The molecule has 0 amide bonds. The van der Waals surface area contributed by atoms with Gasteiger partial charge in [-0.1, -0.05) is 19.1 Å². The summed E-state index contributed by atoms with van der Waals surface area (Å²) in [4.78, 5) is 11.0. The molecule has 5 heteroatoms. The minimum absolute atomic E-state index is 0.120. The SMILES string of the molecule is CC1SCC(C(=O)O)NC1c1cccc(F)c1. The van der Waals surface area contributed by atoms with Crippen LogP contribution < -0.4 is 5.32 Å². The van der Waals surface area contributed by atoms with E-state index in [1.54, 1.807) is 17.8 Å². The molecular weight excluding hydrogens is 241 g/mol. The first-order valence-corrected chi connectivity index (χ1v) is 6.48. The molecule has 1 aromatic rings. The Morgan fingerprint density at radius 3 is 3.00 bits per heavy atom. The number of nitrogens with one attached hydrogen (secondary N) is 1. The van der Waals surface area contributed by atoms with Crippen molar-refractivity contribution in [1.29, 1.82) is 0 Å². The van der Waals surface area contributed by atoms with Crippen LogP contribution in [0.3, 0.4) is 0 Å². The fourth-order valence-corrected chi connectivity index (χ4v) is 3.12. The zero-order valence-electron chi connectivity index (χ0n) is 9.39. The van der Waals surface area contributed by atoms with Crippen molar-refractivity contribution >= 4 is 17.7 Å². The first-order chi connectivity index (χ1) is 8.08. The first kappa shape index (κ1) is 12.4. The Labute approximate surface area is 103 Å². The largest absolute Gasteiger partial charge is 0.480 e. The molecule has 3 nitrogen and oxygen atoms in total. The van der Waals surface area contributed by atoms with Gasteiger partial charge in [0.2, 0.25) is 0 Å². The van der Waals surface area contributed by atoms with Crippen LogP contribution in [0.25, 0.3) is 0 Å². The second-order valence-electron chi connectivity index (χ2n) is 4.13. The van der Waals surface area contributed by atoms with Gasteiger partial charge in [-0.2, -0.15) is 11.8 Å². The number of halogens is 1. The van der Waals surface area contributed by atoms with E-state index < -0.39 is 12.0 Å². The minimum Gasteiger partial charge on any atom is -0.480 e. The van der Waals surface area contributed by atoms with Crippen molar-refractivity contribution in [2.45, 2.75) is 24.3 Å². The van der Waals surface area contributed by atoms with Crippen molar-refractivity contribution in [3.63, 3.8) is 0 Å². The van der Waals surface area contributed by atoms with Crippen LogP contribution in [-0.4, -0.2) is 28.1 Å². The number of benzene rings is 1. The summed E-state index contributed by atoms with van der Waals surface area (Å²) in [5, 5.41) is 12.3. The summed E-state index contributed by atoms with van der Waals surface area (Å²) in [7, 11) is 0. The van der Waals surface area contributed by atoms with Gasteiger partial charge in [0, 0.05) is 17.0 Å². The van der Waals surface area contributed by atoms with Gasteiger partial charge < -0.3 is 5.11 Å². The van der Waals surface area contributed by atoms with Gasteiger partial charge in [-0.15, -0.1) is 0 Å². The molecule has 0 radical (unpaired) electrons. The Balaban J connectivity index is 2.20. The fraction of sp³-hybridized carbons (Fsp3) is 0.417. The number of carbonyl (C=O) groups is 1. The highest BCUT2D eigenvalue weighted by Crippen LogP contribution is 2.31. The lowest BCUT2D eigenvalue weighted by Crippen LogP contribution is -2.47. The Kier molecular flexibility index (Phi) is 3.69. The molecule has 0 aliphatic carbocycles. The Bertz CT molecular complexity index is 427. The summed E-state index contributed by atoms with van der Waals surface area (Å²) < 4.78 is 13.2. The molecule has 1 saturated heterocycles. The highest BCUT2D eigenvalue weighted by atomic mass is 32.2. The molecule has 1 aromatic carbocycles. The summed E-state index contributed by atoms with van der Waals surface area (Å²) in [6.07, 6.45) is 0. The Morgan fingerprint density at radius 1 is 1.59 bits per heavy atom. The van der Waals surface area contributed by atoms with Gasteiger partial charge in [-0.25, -0.2) is 4.39 Å².